The third-order valence-corrected chi connectivity index (χ3v) is 4.63. The molecule has 7 nitrogen and oxygen atoms in total. The minimum Gasteiger partial charge on any atom is -0.472 e. The van der Waals surface area contributed by atoms with Gasteiger partial charge < -0.3 is 19.5 Å². The average molecular weight is 505 g/mol. The van der Waals surface area contributed by atoms with Crippen LogP contribution in [0.3, 0.4) is 0 Å². The van der Waals surface area contributed by atoms with Crippen LogP contribution < -0.4 is 10.1 Å². The molecule has 1 aromatic carbocycles. The van der Waals surface area contributed by atoms with E-state index in [-0.39, 0.29) is 30.1 Å². The Balaban J connectivity index is 0.00000240. The van der Waals surface area contributed by atoms with Gasteiger partial charge in [-0.05, 0) is 6.07 Å². The Bertz CT molecular complexity index is 917. The topological polar surface area (TPSA) is 75.8 Å². The zero-order chi connectivity index (χ0) is 19.2. The number of nitrogens with zero attached hydrogens (tertiary/aromatic N) is 4. The van der Waals surface area contributed by atoms with Gasteiger partial charge in [-0.2, -0.15) is 0 Å². The van der Waals surface area contributed by atoms with Gasteiger partial charge in [0.05, 0.1) is 13.1 Å². The van der Waals surface area contributed by atoms with Crippen LogP contribution in [-0.2, 0) is 6.54 Å². The van der Waals surface area contributed by atoms with Crippen molar-refractivity contribution < 1.29 is 9.26 Å². The third kappa shape index (κ3) is 5.47. The Morgan fingerprint density at radius 1 is 1.24 bits per heavy atom. The molecule has 1 fully saturated rings. The maximum atomic E-state index is 5.95. The van der Waals surface area contributed by atoms with Crippen LogP contribution in [0.5, 0.6) is 5.88 Å². The van der Waals surface area contributed by atoms with Gasteiger partial charge in [-0.25, -0.2) is 4.98 Å². The van der Waals surface area contributed by atoms with Crippen molar-refractivity contribution in [2.75, 3.05) is 20.1 Å². The highest BCUT2D eigenvalue weighted by Gasteiger charge is 2.26. The second-order valence-corrected chi connectivity index (χ2v) is 6.59. The molecule has 0 spiro atoms. The molecule has 1 aliphatic rings. The lowest BCUT2D eigenvalue weighted by molar-refractivity contribution is 0.205. The molecule has 1 atom stereocenters. The van der Waals surface area contributed by atoms with E-state index < -0.39 is 0 Å². The Morgan fingerprint density at radius 2 is 2.07 bits per heavy atom. The summed E-state index contributed by atoms with van der Waals surface area (Å²) >= 11 is 0. The lowest BCUT2D eigenvalue weighted by atomic mass is 10.1. The van der Waals surface area contributed by atoms with Crippen LogP contribution >= 0.6 is 24.0 Å². The number of likely N-dealkylation sites (tertiary alicyclic amines) is 1. The highest BCUT2D eigenvalue weighted by atomic mass is 127. The minimum absolute atomic E-state index is 0. The molecule has 1 aliphatic heterocycles. The van der Waals surface area contributed by atoms with E-state index in [1.54, 1.807) is 13.2 Å². The van der Waals surface area contributed by atoms with Gasteiger partial charge in [-0.15, -0.1) is 24.0 Å². The molecule has 0 saturated carbocycles. The quantitative estimate of drug-likeness (QED) is 0.325. The van der Waals surface area contributed by atoms with E-state index in [1.807, 2.05) is 54.6 Å². The second-order valence-electron chi connectivity index (χ2n) is 6.59. The SMILES string of the molecule is CN=C(NCc1cc(-c2ccccc2)no1)N1CCC(Oc2ccccn2)C1.I. The number of rotatable bonds is 5. The molecule has 1 saturated heterocycles. The van der Waals surface area contributed by atoms with Crippen LogP contribution in [0.25, 0.3) is 11.3 Å². The zero-order valence-corrected chi connectivity index (χ0v) is 18.5. The molecular weight excluding hydrogens is 481 g/mol. The molecule has 3 aromatic rings. The maximum absolute atomic E-state index is 5.95. The van der Waals surface area contributed by atoms with Crippen molar-refractivity contribution >= 4 is 29.9 Å². The first-order chi connectivity index (χ1) is 13.8. The molecule has 1 unspecified atom stereocenters. The predicted octanol–water partition coefficient (Wildman–Crippen LogP) is 3.58. The van der Waals surface area contributed by atoms with E-state index in [1.165, 1.54) is 0 Å². The lowest BCUT2D eigenvalue weighted by Crippen LogP contribution is -2.40. The number of aliphatic imine (C=N–C) groups is 1. The Labute approximate surface area is 187 Å². The highest BCUT2D eigenvalue weighted by molar-refractivity contribution is 14.0. The number of pyridine rings is 1. The Morgan fingerprint density at radius 3 is 2.83 bits per heavy atom. The van der Waals surface area contributed by atoms with Crippen molar-refractivity contribution in [2.45, 2.75) is 19.1 Å². The van der Waals surface area contributed by atoms with Crippen LogP contribution in [0.4, 0.5) is 0 Å². The molecular formula is C21H24IN5O2. The fraction of sp³-hybridized carbons (Fsp3) is 0.286. The smallest absolute Gasteiger partial charge is 0.213 e. The molecule has 8 heteroatoms. The number of ether oxygens (including phenoxy) is 1. The summed E-state index contributed by atoms with van der Waals surface area (Å²) in [6.07, 6.45) is 2.77. The minimum atomic E-state index is 0. The Hall–Kier alpha value is -2.62. The first-order valence-corrected chi connectivity index (χ1v) is 9.36. The van der Waals surface area contributed by atoms with E-state index in [0.29, 0.717) is 12.4 Å². The summed E-state index contributed by atoms with van der Waals surface area (Å²) in [6.45, 7) is 2.17. The van der Waals surface area contributed by atoms with Crippen LogP contribution in [0.1, 0.15) is 12.2 Å². The van der Waals surface area contributed by atoms with Crippen molar-refractivity contribution in [3.63, 3.8) is 0 Å². The van der Waals surface area contributed by atoms with Crippen molar-refractivity contribution in [1.82, 2.24) is 20.4 Å². The molecule has 0 bridgehead atoms. The number of halogens is 1. The van der Waals surface area contributed by atoms with E-state index in [0.717, 1.165) is 42.5 Å². The average Bonchev–Trinajstić information content (AvgIpc) is 3.40. The molecule has 1 N–H and O–H groups in total. The highest BCUT2D eigenvalue weighted by Crippen LogP contribution is 2.19. The number of guanidine groups is 1. The molecule has 0 radical (unpaired) electrons. The number of aromatic nitrogens is 2. The lowest BCUT2D eigenvalue weighted by Gasteiger charge is -2.21. The van der Waals surface area contributed by atoms with Gasteiger partial charge in [-0.3, -0.25) is 4.99 Å². The number of hydrogen-bond acceptors (Lipinski definition) is 5. The van der Waals surface area contributed by atoms with Gasteiger partial charge >= 0.3 is 0 Å². The molecule has 0 aliphatic carbocycles. The third-order valence-electron chi connectivity index (χ3n) is 4.63. The van der Waals surface area contributed by atoms with Gasteiger partial charge in [0, 0.05) is 43.9 Å². The van der Waals surface area contributed by atoms with E-state index in [2.05, 4.69) is 25.3 Å². The normalized spacial score (nSPS) is 16.4. The summed E-state index contributed by atoms with van der Waals surface area (Å²) in [5.41, 5.74) is 1.87. The molecule has 29 heavy (non-hydrogen) atoms. The van der Waals surface area contributed by atoms with Gasteiger partial charge in [0.15, 0.2) is 11.7 Å². The van der Waals surface area contributed by atoms with Gasteiger partial charge in [0.25, 0.3) is 0 Å². The molecule has 0 amide bonds. The van der Waals surface area contributed by atoms with Crippen LogP contribution in [0.2, 0.25) is 0 Å². The number of nitrogens with one attached hydrogen (secondary N) is 1. The van der Waals surface area contributed by atoms with E-state index in [9.17, 15) is 0 Å². The van der Waals surface area contributed by atoms with Crippen molar-refractivity contribution in [3.8, 4) is 17.1 Å². The monoisotopic (exact) mass is 505 g/mol. The fourth-order valence-electron chi connectivity index (χ4n) is 3.24. The van der Waals surface area contributed by atoms with Crippen molar-refractivity contribution in [3.05, 3.63) is 66.6 Å². The molecule has 3 heterocycles. The van der Waals surface area contributed by atoms with Crippen molar-refractivity contribution in [2.24, 2.45) is 4.99 Å². The number of hydrogen-bond donors (Lipinski definition) is 1. The zero-order valence-electron chi connectivity index (χ0n) is 16.2. The van der Waals surface area contributed by atoms with E-state index >= 15 is 0 Å². The van der Waals surface area contributed by atoms with E-state index in [4.69, 9.17) is 9.26 Å². The summed E-state index contributed by atoms with van der Waals surface area (Å²) in [6, 6.07) is 17.6. The molecule has 4 rings (SSSR count). The summed E-state index contributed by atoms with van der Waals surface area (Å²) in [7, 11) is 1.78. The van der Waals surface area contributed by atoms with Gasteiger partial charge in [0.1, 0.15) is 11.8 Å². The first kappa shape index (κ1) is 21.1. The maximum Gasteiger partial charge on any atom is 0.213 e. The Kier molecular flexibility index (Phi) is 7.45. The summed E-state index contributed by atoms with van der Waals surface area (Å²) in [5, 5.41) is 7.50. The van der Waals surface area contributed by atoms with Gasteiger partial charge in [-0.1, -0.05) is 41.6 Å². The molecule has 2 aromatic heterocycles. The fourth-order valence-corrected chi connectivity index (χ4v) is 3.24. The summed E-state index contributed by atoms with van der Waals surface area (Å²) < 4.78 is 11.4. The first-order valence-electron chi connectivity index (χ1n) is 9.36. The van der Waals surface area contributed by atoms with Crippen LogP contribution in [-0.4, -0.2) is 47.2 Å². The molecule has 152 valence electrons. The summed E-state index contributed by atoms with van der Waals surface area (Å²) in [4.78, 5) is 10.8. The van der Waals surface area contributed by atoms with Crippen LogP contribution in [0.15, 0.2) is 70.3 Å². The second kappa shape index (κ2) is 10.2. The standard InChI is InChI=1S/C21H23N5O2.HI/c1-22-21(26-12-10-17(15-26)27-20-9-5-6-11-23-20)24-14-18-13-19(25-28-18)16-7-3-2-4-8-16;/h2-9,11,13,17H,10,12,14-15H2,1H3,(H,22,24);1H. The predicted molar refractivity (Wildman–Crippen MR) is 122 cm³/mol. The van der Waals surface area contributed by atoms with Gasteiger partial charge in [0.2, 0.25) is 5.88 Å². The summed E-state index contributed by atoms with van der Waals surface area (Å²) in [5.74, 6) is 2.25. The van der Waals surface area contributed by atoms with Crippen LogP contribution in [0, 0.1) is 0 Å². The largest absolute Gasteiger partial charge is 0.472 e. The number of benzene rings is 1. The van der Waals surface area contributed by atoms with Crippen molar-refractivity contribution in [1.29, 1.82) is 0 Å².